The number of amides is 1. The fourth-order valence-corrected chi connectivity index (χ4v) is 4.87. The van der Waals surface area contributed by atoms with Crippen LogP contribution in [0.1, 0.15) is 43.7 Å². The monoisotopic (exact) mass is 399 g/mol. The number of quaternary nitrogens is 1. The predicted octanol–water partition coefficient (Wildman–Crippen LogP) is 1.27. The molecule has 29 heavy (non-hydrogen) atoms. The maximum atomic E-state index is 13.3. The molecule has 2 aliphatic heterocycles. The third kappa shape index (κ3) is 4.06. The van der Waals surface area contributed by atoms with Crippen LogP contribution in [0.4, 0.5) is 5.69 Å². The number of carbonyl (C=O) groups is 1. The molecule has 3 atom stereocenters. The van der Waals surface area contributed by atoms with E-state index in [1.807, 2.05) is 13.8 Å². The quantitative estimate of drug-likeness (QED) is 0.478. The lowest BCUT2D eigenvalue weighted by atomic mass is 9.75. The van der Waals surface area contributed by atoms with Gasteiger partial charge in [0.1, 0.15) is 0 Å². The maximum Gasteiger partial charge on any atom is 0.254 e. The van der Waals surface area contributed by atoms with Crippen LogP contribution in [0.25, 0.3) is 5.57 Å². The number of rotatable bonds is 7. The Morgan fingerprint density at radius 3 is 2.90 bits per heavy atom. The summed E-state index contributed by atoms with van der Waals surface area (Å²) in [6.45, 7) is 7.34. The van der Waals surface area contributed by atoms with Crippen molar-refractivity contribution in [2.24, 2.45) is 5.92 Å². The van der Waals surface area contributed by atoms with Gasteiger partial charge in [0.05, 0.1) is 39.2 Å². The van der Waals surface area contributed by atoms with E-state index < -0.39 is 0 Å². The van der Waals surface area contributed by atoms with E-state index in [0.717, 1.165) is 25.9 Å². The molecule has 6 nitrogen and oxygen atoms in total. The lowest BCUT2D eigenvalue weighted by molar-refractivity contribution is -0.858. The molecule has 0 bridgehead atoms. The van der Waals surface area contributed by atoms with Crippen molar-refractivity contribution in [3.63, 3.8) is 0 Å². The molecule has 1 unspecified atom stereocenters. The minimum atomic E-state index is -0.190. The summed E-state index contributed by atoms with van der Waals surface area (Å²) in [6, 6.07) is 6.86. The Hall–Kier alpha value is -1.89. The number of carbonyl (C=O) groups excluding carboxylic acids is 1. The number of nitrogens with zero attached hydrogens (tertiary/aromatic N) is 1. The Balaban J connectivity index is 1.52. The van der Waals surface area contributed by atoms with Crippen molar-refractivity contribution in [3.8, 4) is 0 Å². The lowest BCUT2D eigenvalue weighted by Gasteiger charge is -2.38. The standard InChI is InChI=1S/C23H34N4O2/c1-15(2)27(29-10-6-9-26(3)4)23(28)17-11-19-18-7-5-8-20-22(18)16(13-24-20)12-21(19)25-14-17/h5,7-8,11,15-17,21,24-25H,6,9-10,12-14H2,1-4H3/p+1/t16?,17-,21-/m1/s1. The summed E-state index contributed by atoms with van der Waals surface area (Å²) in [4.78, 5) is 20.6. The number of fused-ring (bicyclic) bond motifs is 2. The topological polar surface area (TPSA) is 58.0 Å². The van der Waals surface area contributed by atoms with Gasteiger partial charge in [-0.05, 0) is 43.0 Å². The van der Waals surface area contributed by atoms with E-state index in [2.05, 4.69) is 49.0 Å². The van der Waals surface area contributed by atoms with Crippen LogP contribution in [-0.4, -0.2) is 63.4 Å². The third-order valence-electron chi connectivity index (χ3n) is 6.28. The van der Waals surface area contributed by atoms with Gasteiger partial charge in [-0.3, -0.25) is 9.63 Å². The first kappa shape index (κ1) is 20.4. The molecule has 158 valence electrons. The van der Waals surface area contributed by atoms with E-state index in [4.69, 9.17) is 4.84 Å². The van der Waals surface area contributed by atoms with Crippen molar-refractivity contribution in [1.29, 1.82) is 0 Å². The van der Waals surface area contributed by atoms with E-state index in [9.17, 15) is 4.79 Å². The van der Waals surface area contributed by atoms with E-state index >= 15 is 0 Å². The highest BCUT2D eigenvalue weighted by molar-refractivity contribution is 5.87. The van der Waals surface area contributed by atoms with E-state index in [0.29, 0.717) is 25.1 Å². The molecule has 0 radical (unpaired) electrons. The van der Waals surface area contributed by atoms with Gasteiger partial charge < -0.3 is 15.5 Å². The normalized spacial score (nSPS) is 24.8. The molecule has 0 aromatic heterocycles. The summed E-state index contributed by atoms with van der Waals surface area (Å²) in [6.07, 6.45) is 4.24. The number of hydroxylamine groups is 2. The van der Waals surface area contributed by atoms with Crippen LogP contribution < -0.4 is 15.5 Å². The third-order valence-corrected chi connectivity index (χ3v) is 6.28. The molecule has 1 aromatic carbocycles. The Morgan fingerprint density at radius 1 is 1.31 bits per heavy atom. The number of hydrogen-bond donors (Lipinski definition) is 3. The van der Waals surface area contributed by atoms with Crippen LogP contribution in [0.5, 0.6) is 0 Å². The molecule has 6 heteroatoms. The van der Waals surface area contributed by atoms with Crippen molar-refractivity contribution in [3.05, 3.63) is 35.4 Å². The Morgan fingerprint density at radius 2 is 2.14 bits per heavy atom. The second-order valence-corrected chi connectivity index (χ2v) is 9.17. The second-order valence-electron chi connectivity index (χ2n) is 9.17. The van der Waals surface area contributed by atoms with Gasteiger partial charge >= 0.3 is 0 Å². The lowest BCUT2D eigenvalue weighted by Crippen LogP contribution is -3.05. The predicted molar refractivity (Wildman–Crippen MR) is 116 cm³/mol. The van der Waals surface area contributed by atoms with Crippen LogP contribution in [0.15, 0.2) is 24.3 Å². The van der Waals surface area contributed by atoms with Gasteiger partial charge in [-0.2, -0.15) is 0 Å². The van der Waals surface area contributed by atoms with Crippen molar-refractivity contribution in [2.45, 2.75) is 44.7 Å². The molecule has 3 N–H and O–H groups in total. The molecule has 2 heterocycles. The van der Waals surface area contributed by atoms with E-state index in [1.165, 1.54) is 27.3 Å². The highest BCUT2D eigenvalue weighted by Gasteiger charge is 2.39. The van der Waals surface area contributed by atoms with Crippen molar-refractivity contribution >= 4 is 17.2 Å². The average Bonchev–Trinajstić information content (AvgIpc) is 3.11. The van der Waals surface area contributed by atoms with Crippen molar-refractivity contribution < 1.29 is 14.5 Å². The van der Waals surface area contributed by atoms with E-state index in [-0.39, 0.29) is 17.9 Å². The largest absolute Gasteiger partial charge is 0.384 e. The highest BCUT2D eigenvalue weighted by atomic mass is 16.7. The van der Waals surface area contributed by atoms with Crippen LogP contribution >= 0.6 is 0 Å². The summed E-state index contributed by atoms with van der Waals surface area (Å²) in [7, 11) is 4.26. The van der Waals surface area contributed by atoms with Gasteiger partial charge in [0.2, 0.25) is 0 Å². The summed E-state index contributed by atoms with van der Waals surface area (Å²) in [5, 5.41) is 8.79. The summed E-state index contributed by atoms with van der Waals surface area (Å²) in [5.74, 6) is 0.436. The summed E-state index contributed by atoms with van der Waals surface area (Å²) < 4.78 is 0. The zero-order valence-electron chi connectivity index (χ0n) is 18.1. The number of nitrogens with one attached hydrogen (secondary N) is 3. The fourth-order valence-electron chi connectivity index (χ4n) is 4.87. The van der Waals surface area contributed by atoms with Gasteiger partial charge in [0.15, 0.2) is 0 Å². The fraction of sp³-hybridized carbons (Fsp3) is 0.609. The van der Waals surface area contributed by atoms with Gasteiger partial charge in [-0.1, -0.05) is 18.2 Å². The number of anilines is 1. The minimum absolute atomic E-state index is 0.0197. The summed E-state index contributed by atoms with van der Waals surface area (Å²) >= 11 is 0. The number of hydrogen-bond acceptors (Lipinski definition) is 4. The first-order valence-corrected chi connectivity index (χ1v) is 11.0. The molecule has 0 fully saturated rings. The average molecular weight is 400 g/mol. The van der Waals surface area contributed by atoms with Crippen LogP contribution in [0.3, 0.4) is 0 Å². The van der Waals surface area contributed by atoms with Gasteiger partial charge in [0, 0.05) is 37.2 Å². The molecular weight excluding hydrogens is 364 g/mol. The Bertz CT molecular complexity index is 789. The Kier molecular flexibility index (Phi) is 5.95. The van der Waals surface area contributed by atoms with E-state index in [1.54, 1.807) is 5.06 Å². The molecule has 0 spiro atoms. The summed E-state index contributed by atoms with van der Waals surface area (Å²) in [5.41, 5.74) is 5.29. The molecule has 1 aromatic rings. The van der Waals surface area contributed by atoms with Gasteiger partial charge in [-0.25, -0.2) is 5.06 Å². The minimum Gasteiger partial charge on any atom is -0.384 e. The van der Waals surface area contributed by atoms with Gasteiger partial charge in [-0.15, -0.1) is 0 Å². The Labute approximate surface area is 174 Å². The molecule has 0 saturated heterocycles. The SMILES string of the molecule is CC(C)N(OCCC[NH+](C)C)C(=O)[C@@H]1C=C2c3cccc4c3C(CN4)C[C@H]2NC1. The van der Waals surface area contributed by atoms with Crippen molar-refractivity contribution in [2.75, 3.05) is 45.7 Å². The maximum absolute atomic E-state index is 13.3. The zero-order chi connectivity index (χ0) is 20.5. The highest BCUT2D eigenvalue weighted by Crippen LogP contribution is 2.46. The van der Waals surface area contributed by atoms with Crippen LogP contribution in [0.2, 0.25) is 0 Å². The molecular formula is C23H35N4O2+. The smallest absolute Gasteiger partial charge is 0.254 e. The van der Waals surface area contributed by atoms with Crippen LogP contribution in [0, 0.1) is 5.92 Å². The molecule has 0 saturated carbocycles. The van der Waals surface area contributed by atoms with Crippen LogP contribution in [-0.2, 0) is 9.63 Å². The number of benzene rings is 1. The zero-order valence-corrected chi connectivity index (χ0v) is 18.1. The second kappa shape index (κ2) is 8.46. The molecule has 3 aliphatic rings. The first-order chi connectivity index (χ1) is 14.0. The molecule has 1 amide bonds. The van der Waals surface area contributed by atoms with Gasteiger partial charge in [0.25, 0.3) is 5.91 Å². The van der Waals surface area contributed by atoms with Crippen molar-refractivity contribution in [1.82, 2.24) is 10.4 Å². The molecule has 1 aliphatic carbocycles. The first-order valence-electron chi connectivity index (χ1n) is 11.0. The molecule has 4 rings (SSSR count).